The lowest BCUT2D eigenvalue weighted by atomic mass is 9.82. The van der Waals surface area contributed by atoms with Crippen LogP contribution in [0.4, 0.5) is 8.78 Å². The summed E-state index contributed by atoms with van der Waals surface area (Å²) in [5, 5.41) is 3.67. The van der Waals surface area contributed by atoms with Gasteiger partial charge in [-0.1, -0.05) is 6.07 Å². The van der Waals surface area contributed by atoms with Crippen molar-refractivity contribution in [2.24, 2.45) is 17.8 Å². The number of nitrogens with one attached hydrogen (secondary N) is 3. The van der Waals surface area contributed by atoms with E-state index in [0.717, 1.165) is 0 Å². The number of hydrogen-bond acceptors (Lipinski definition) is 7. The van der Waals surface area contributed by atoms with Crippen LogP contribution in [0.5, 0.6) is 0 Å². The minimum absolute atomic E-state index is 0.00233. The summed E-state index contributed by atoms with van der Waals surface area (Å²) in [7, 11) is 0. The van der Waals surface area contributed by atoms with E-state index in [2.05, 4.69) is 28.0 Å². The van der Waals surface area contributed by atoms with Crippen LogP contribution in [0, 0.1) is 29.4 Å². The lowest BCUT2D eigenvalue weighted by molar-refractivity contribution is 0.0546. The number of hydrogen-bond donors (Lipinski definition) is 3. The zero-order chi connectivity index (χ0) is 20.4. The Hall–Kier alpha value is -0.810. The first-order valence-electron chi connectivity index (χ1n) is 11.0. The van der Waals surface area contributed by atoms with Gasteiger partial charge in [0, 0.05) is 29.5 Å². The molecule has 6 rings (SSSR count). The predicted octanol–water partition coefficient (Wildman–Crippen LogP) is 2.15. The van der Waals surface area contributed by atoms with Crippen LogP contribution < -0.4 is 16.2 Å². The van der Waals surface area contributed by atoms with Crippen molar-refractivity contribution >= 4 is 11.8 Å². The Balaban J connectivity index is 1.46. The van der Waals surface area contributed by atoms with E-state index in [1.54, 1.807) is 11.8 Å². The fourth-order valence-corrected chi connectivity index (χ4v) is 7.59. The van der Waals surface area contributed by atoms with Crippen molar-refractivity contribution in [1.29, 1.82) is 0 Å². The Morgan fingerprint density at radius 3 is 2.63 bits per heavy atom. The number of thioether (sulfide) groups is 1. The third-order valence-corrected chi connectivity index (χ3v) is 8.85. The first-order chi connectivity index (χ1) is 14.6. The van der Waals surface area contributed by atoms with Gasteiger partial charge >= 0.3 is 0 Å². The van der Waals surface area contributed by atoms with E-state index in [-0.39, 0.29) is 46.6 Å². The number of hydrazine groups is 1. The van der Waals surface area contributed by atoms with E-state index in [1.807, 2.05) is 0 Å². The molecule has 0 bridgehead atoms. The molecule has 0 radical (unpaired) electrons. The number of halogens is 2. The van der Waals surface area contributed by atoms with Gasteiger partial charge in [0.15, 0.2) is 0 Å². The monoisotopic (exact) mass is 438 g/mol. The standard InChI is InChI=1S/C21H28F2N4O2S/c1-10-18-25-26-19(11-5-6-11)27(18)20-15(12-9-28-7-8-29-21(12)30-20)17(24-10)16-13(22)3-2-4-14(16)23/h2-4,10-12,15,17-21,24-26H,5-9H2,1H3/t10-,12?,15?,17?,18?,19?,20?,21?/m0/s1. The summed E-state index contributed by atoms with van der Waals surface area (Å²) in [4.78, 5) is 2.52. The van der Waals surface area contributed by atoms with Crippen molar-refractivity contribution in [2.45, 2.75) is 55.0 Å². The number of rotatable bonds is 2. The molecule has 8 atom stereocenters. The SMILES string of the molecule is C[C@@H]1NC(c2c(F)cccc2F)C2C3COCCOC3SC2N2C(C3CC3)NNC12. The second-order valence-corrected chi connectivity index (χ2v) is 10.3. The van der Waals surface area contributed by atoms with E-state index in [4.69, 9.17) is 9.47 Å². The molecule has 4 saturated heterocycles. The molecule has 4 aliphatic heterocycles. The number of nitrogens with zero attached hydrogens (tertiary/aromatic N) is 1. The Bertz CT molecular complexity index is 795. The van der Waals surface area contributed by atoms with Crippen molar-refractivity contribution in [2.75, 3.05) is 19.8 Å². The van der Waals surface area contributed by atoms with Crippen molar-refractivity contribution < 1.29 is 18.3 Å². The molecular weight excluding hydrogens is 410 g/mol. The molecule has 3 N–H and O–H groups in total. The van der Waals surface area contributed by atoms with E-state index in [9.17, 15) is 8.78 Å². The summed E-state index contributed by atoms with van der Waals surface area (Å²) in [5.74, 6) is -0.353. The van der Waals surface area contributed by atoms with Gasteiger partial charge in [-0.2, -0.15) is 0 Å². The molecule has 4 heterocycles. The van der Waals surface area contributed by atoms with Crippen LogP contribution in [0.3, 0.4) is 0 Å². The van der Waals surface area contributed by atoms with E-state index < -0.39 is 17.7 Å². The Labute approximate surface area is 179 Å². The second-order valence-electron chi connectivity index (χ2n) is 9.11. The lowest BCUT2D eigenvalue weighted by Crippen LogP contribution is -2.52. The average molecular weight is 439 g/mol. The molecule has 1 aliphatic carbocycles. The third-order valence-electron chi connectivity index (χ3n) is 7.26. The van der Waals surface area contributed by atoms with Crippen LogP contribution in [0.15, 0.2) is 18.2 Å². The highest BCUT2D eigenvalue weighted by Crippen LogP contribution is 2.55. The molecule has 6 nitrogen and oxygen atoms in total. The molecule has 0 spiro atoms. The van der Waals surface area contributed by atoms with Crippen LogP contribution in [0.2, 0.25) is 0 Å². The maximum absolute atomic E-state index is 15.0. The van der Waals surface area contributed by atoms with Gasteiger partial charge in [0.05, 0.1) is 37.5 Å². The normalized spacial score (nSPS) is 44.1. The predicted molar refractivity (Wildman–Crippen MR) is 109 cm³/mol. The summed E-state index contributed by atoms with van der Waals surface area (Å²) in [5.41, 5.74) is 7.08. The van der Waals surface area contributed by atoms with Crippen LogP contribution in [0.1, 0.15) is 31.4 Å². The van der Waals surface area contributed by atoms with Crippen LogP contribution in [-0.4, -0.2) is 53.9 Å². The fraction of sp³-hybridized carbons (Fsp3) is 0.714. The molecule has 5 aliphatic rings. The smallest absolute Gasteiger partial charge is 0.130 e. The molecule has 30 heavy (non-hydrogen) atoms. The van der Waals surface area contributed by atoms with Gasteiger partial charge in [-0.05, 0) is 37.8 Å². The summed E-state index contributed by atoms with van der Waals surface area (Å²) in [6.07, 6.45) is 2.69. The lowest BCUT2D eigenvalue weighted by Gasteiger charge is -2.36. The fourth-order valence-electron chi connectivity index (χ4n) is 5.73. The molecule has 164 valence electrons. The van der Waals surface area contributed by atoms with Gasteiger partial charge in [-0.3, -0.25) is 4.90 Å². The number of ether oxygens (including phenoxy) is 2. The maximum atomic E-state index is 15.0. The van der Waals surface area contributed by atoms with E-state index >= 15 is 0 Å². The average Bonchev–Trinajstić information content (AvgIpc) is 3.45. The Morgan fingerprint density at radius 1 is 1.10 bits per heavy atom. The topological polar surface area (TPSA) is 57.8 Å². The van der Waals surface area contributed by atoms with E-state index in [1.165, 1.54) is 31.0 Å². The molecule has 9 heteroatoms. The quantitative estimate of drug-likeness (QED) is 0.654. The van der Waals surface area contributed by atoms with Crippen molar-refractivity contribution in [1.82, 2.24) is 21.1 Å². The van der Waals surface area contributed by atoms with Crippen molar-refractivity contribution in [3.8, 4) is 0 Å². The zero-order valence-electron chi connectivity index (χ0n) is 16.9. The molecule has 1 aromatic carbocycles. The highest BCUT2D eigenvalue weighted by Gasteiger charge is 2.59. The molecule has 1 saturated carbocycles. The minimum atomic E-state index is -0.491. The van der Waals surface area contributed by atoms with Crippen molar-refractivity contribution in [3.63, 3.8) is 0 Å². The Morgan fingerprint density at radius 2 is 1.87 bits per heavy atom. The van der Waals surface area contributed by atoms with Gasteiger partial charge in [0.25, 0.3) is 0 Å². The summed E-state index contributed by atoms with van der Waals surface area (Å²) >= 11 is 1.80. The first kappa shape index (κ1) is 19.8. The molecule has 7 unspecified atom stereocenters. The number of benzene rings is 1. The highest BCUT2D eigenvalue weighted by atomic mass is 32.2. The Kier molecular flexibility index (Phi) is 5.06. The third kappa shape index (κ3) is 3.13. The number of fused-ring (bicyclic) bond motifs is 5. The van der Waals surface area contributed by atoms with Crippen LogP contribution in [-0.2, 0) is 9.47 Å². The van der Waals surface area contributed by atoms with Gasteiger partial charge in [-0.25, -0.2) is 19.6 Å². The van der Waals surface area contributed by atoms with Gasteiger partial charge in [-0.15, -0.1) is 11.8 Å². The van der Waals surface area contributed by atoms with Gasteiger partial charge in [0.2, 0.25) is 0 Å². The first-order valence-corrected chi connectivity index (χ1v) is 11.9. The zero-order valence-corrected chi connectivity index (χ0v) is 17.7. The summed E-state index contributed by atoms with van der Waals surface area (Å²) in [6, 6.07) is 3.70. The summed E-state index contributed by atoms with van der Waals surface area (Å²) < 4.78 is 42.0. The maximum Gasteiger partial charge on any atom is 0.130 e. The molecular formula is C21H28F2N4O2S. The largest absolute Gasteiger partial charge is 0.379 e. The molecule has 5 fully saturated rings. The summed E-state index contributed by atoms with van der Waals surface area (Å²) in [6.45, 7) is 3.77. The highest BCUT2D eigenvalue weighted by molar-refractivity contribution is 8.00. The van der Waals surface area contributed by atoms with E-state index in [0.29, 0.717) is 25.7 Å². The molecule has 0 amide bonds. The van der Waals surface area contributed by atoms with Crippen LogP contribution in [0.25, 0.3) is 0 Å². The van der Waals surface area contributed by atoms with Gasteiger partial charge < -0.3 is 14.8 Å². The van der Waals surface area contributed by atoms with Crippen molar-refractivity contribution in [3.05, 3.63) is 35.4 Å². The molecule has 1 aromatic rings. The minimum Gasteiger partial charge on any atom is -0.379 e. The molecule has 0 aromatic heterocycles. The van der Waals surface area contributed by atoms with Crippen LogP contribution >= 0.6 is 11.8 Å². The second kappa shape index (κ2) is 7.65. The van der Waals surface area contributed by atoms with Gasteiger partial charge in [0.1, 0.15) is 17.1 Å².